The van der Waals surface area contributed by atoms with Gasteiger partial charge in [0, 0.05) is 37.7 Å². The first-order valence-corrected chi connectivity index (χ1v) is 10.6. The number of allylic oxidation sites excluding steroid dienone is 1. The molecule has 0 radical (unpaired) electrons. The van der Waals surface area contributed by atoms with E-state index < -0.39 is 5.97 Å². The van der Waals surface area contributed by atoms with Crippen molar-refractivity contribution in [3.05, 3.63) is 59.9 Å². The van der Waals surface area contributed by atoms with Crippen molar-refractivity contribution < 1.29 is 19.2 Å². The van der Waals surface area contributed by atoms with Gasteiger partial charge in [0.15, 0.2) is 0 Å². The molecular weight excluding hydrogens is 408 g/mol. The van der Waals surface area contributed by atoms with E-state index in [1.165, 1.54) is 12.0 Å². The topological polar surface area (TPSA) is 105 Å². The number of anilines is 2. The lowest BCUT2D eigenvalue weighted by atomic mass is 10.0. The van der Waals surface area contributed by atoms with Crippen molar-refractivity contribution in [2.45, 2.75) is 26.7 Å². The molecule has 3 N–H and O–H groups in total. The highest BCUT2D eigenvalue weighted by atomic mass is 16.7. The van der Waals surface area contributed by atoms with Gasteiger partial charge in [-0.25, -0.2) is 4.79 Å². The number of nitrogens with two attached hydrogens (primary N) is 1. The minimum absolute atomic E-state index is 0.0298. The highest BCUT2D eigenvalue weighted by Crippen LogP contribution is 2.42. The lowest BCUT2D eigenvalue weighted by Crippen LogP contribution is -2.36. The van der Waals surface area contributed by atoms with E-state index in [2.05, 4.69) is 5.32 Å². The molecule has 2 amide bonds. The second-order valence-corrected chi connectivity index (χ2v) is 7.96. The Kier molecular flexibility index (Phi) is 5.96. The predicted molar refractivity (Wildman–Crippen MR) is 121 cm³/mol. The van der Waals surface area contributed by atoms with Crippen LogP contribution in [0.2, 0.25) is 0 Å². The van der Waals surface area contributed by atoms with Crippen molar-refractivity contribution in [3.8, 4) is 11.1 Å². The average Bonchev–Trinajstić information content (AvgIpc) is 3.64. The van der Waals surface area contributed by atoms with Crippen LogP contribution in [0, 0.1) is 5.92 Å². The van der Waals surface area contributed by atoms with E-state index in [9.17, 15) is 14.4 Å². The quantitative estimate of drug-likeness (QED) is 0.724. The molecule has 2 aliphatic rings. The second kappa shape index (κ2) is 8.84. The molecule has 0 saturated heterocycles. The van der Waals surface area contributed by atoms with Crippen LogP contribution in [0.25, 0.3) is 11.1 Å². The van der Waals surface area contributed by atoms with Crippen LogP contribution in [-0.4, -0.2) is 30.9 Å². The predicted octanol–water partition coefficient (Wildman–Crippen LogP) is 2.94. The number of rotatable bonds is 6. The largest absolute Gasteiger partial charge is 0.351 e. The number of amides is 2. The third kappa shape index (κ3) is 4.36. The van der Waals surface area contributed by atoms with E-state index in [-0.39, 0.29) is 17.7 Å². The molecule has 4 rings (SSSR count). The molecule has 1 heterocycles. The minimum atomic E-state index is -0.446. The van der Waals surface area contributed by atoms with Crippen LogP contribution >= 0.6 is 0 Å². The minimum Gasteiger partial charge on any atom is -0.351 e. The lowest BCUT2D eigenvalue weighted by molar-refractivity contribution is -0.141. The maximum absolute atomic E-state index is 13.0. The zero-order chi connectivity index (χ0) is 22.8. The van der Waals surface area contributed by atoms with Crippen LogP contribution in [-0.2, 0) is 14.4 Å². The summed E-state index contributed by atoms with van der Waals surface area (Å²) >= 11 is 0. The molecule has 1 aliphatic carbocycles. The SMILES string of the molecule is CC(=O)ON1C(C)=CN(C(=O)C2CC2)c2cc(-c3ccc(C(=O)NCCN)cc3)ccc21. The van der Waals surface area contributed by atoms with Gasteiger partial charge in [-0.3, -0.25) is 14.5 Å². The Bertz CT molecular complexity index is 1090. The lowest BCUT2D eigenvalue weighted by Gasteiger charge is -2.34. The molecule has 32 heavy (non-hydrogen) atoms. The highest BCUT2D eigenvalue weighted by Gasteiger charge is 2.37. The molecule has 1 saturated carbocycles. The Morgan fingerprint density at radius 3 is 2.38 bits per heavy atom. The molecule has 1 aliphatic heterocycles. The normalized spacial score (nSPS) is 15.0. The Hall–Kier alpha value is -3.65. The first-order chi connectivity index (χ1) is 15.4. The summed E-state index contributed by atoms with van der Waals surface area (Å²) in [6, 6.07) is 12.9. The molecule has 166 valence electrons. The van der Waals surface area contributed by atoms with Gasteiger partial charge in [0.2, 0.25) is 5.91 Å². The first-order valence-electron chi connectivity index (χ1n) is 10.6. The monoisotopic (exact) mass is 434 g/mol. The molecule has 0 unspecified atom stereocenters. The van der Waals surface area contributed by atoms with Crippen LogP contribution in [0.4, 0.5) is 11.4 Å². The van der Waals surface area contributed by atoms with Crippen molar-refractivity contribution in [3.63, 3.8) is 0 Å². The summed E-state index contributed by atoms with van der Waals surface area (Å²) in [5.41, 5.74) is 9.66. The van der Waals surface area contributed by atoms with Gasteiger partial charge >= 0.3 is 5.97 Å². The highest BCUT2D eigenvalue weighted by molar-refractivity contribution is 6.03. The van der Waals surface area contributed by atoms with Gasteiger partial charge in [-0.2, -0.15) is 5.06 Å². The Morgan fingerprint density at radius 1 is 1.06 bits per heavy atom. The molecule has 2 aromatic rings. The molecule has 2 aromatic carbocycles. The van der Waals surface area contributed by atoms with Crippen LogP contribution in [0.5, 0.6) is 0 Å². The third-order valence-electron chi connectivity index (χ3n) is 5.38. The van der Waals surface area contributed by atoms with E-state index in [1.807, 2.05) is 30.3 Å². The number of hydroxylamine groups is 1. The number of carbonyl (C=O) groups excluding carboxylic acids is 3. The van der Waals surface area contributed by atoms with E-state index >= 15 is 0 Å². The molecule has 8 heteroatoms. The van der Waals surface area contributed by atoms with Crippen LogP contribution < -0.4 is 21.0 Å². The summed E-state index contributed by atoms with van der Waals surface area (Å²) in [7, 11) is 0. The maximum Gasteiger partial charge on any atom is 0.329 e. The standard InChI is InChI=1S/C24H26N4O4/c1-15-14-27(24(31)19-7-8-19)22-13-20(9-10-21(22)28(15)32-16(2)29)17-3-5-18(6-4-17)23(30)26-12-11-25/h3-6,9-10,13-14,19H,7-8,11-12,25H2,1-2H3,(H,26,30). The van der Waals surface area contributed by atoms with Gasteiger partial charge < -0.3 is 15.9 Å². The number of nitrogens with zero attached hydrogens (tertiary/aromatic N) is 2. The summed E-state index contributed by atoms with van der Waals surface area (Å²) in [6.07, 6.45) is 3.48. The summed E-state index contributed by atoms with van der Waals surface area (Å²) in [5, 5.41) is 4.19. The molecular formula is C24H26N4O4. The fourth-order valence-corrected chi connectivity index (χ4v) is 3.63. The van der Waals surface area contributed by atoms with Crippen LogP contribution in [0.3, 0.4) is 0 Å². The van der Waals surface area contributed by atoms with Crippen LogP contribution in [0.15, 0.2) is 54.4 Å². The summed E-state index contributed by atoms with van der Waals surface area (Å²) in [4.78, 5) is 43.7. The number of benzene rings is 2. The fourth-order valence-electron chi connectivity index (χ4n) is 3.63. The van der Waals surface area contributed by atoms with E-state index in [0.29, 0.717) is 35.7 Å². The number of fused-ring (bicyclic) bond motifs is 1. The molecule has 0 aromatic heterocycles. The van der Waals surface area contributed by atoms with Gasteiger partial charge in [-0.15, -0.1) is 0 Å². The van der Waals surface area contributed by atoms with Crippen molar-refractivity contribution in [2.75, 3.05) is 23.1 Å². The summed E-state index contributed by atoms with van der Waals surface area (Å²) in [5.74, 6) is -0.552. The molecule has 0 bridgehead atoms. The summed E-state index contributed by atoms with van der Waals surface area (Å²) < 4.78 is 0. The van der Waals surface area contributed by atoms with E-state index in [4.69, 9.17) is 10.6 Å². The number of nitrogens with one attached hydrogen (secondary N) is 1. The van der Waals surface area contributed by atoms with Gasteiger partial charge in [-0.1, -0.05) is 18.2 Å². The second-order valence-electron chi connectivity index (χ2n) is 7.96. The fraction of sp³-hybridized carbons (Fsp3) is 0.292. The number of carbonyl (C=O) groups is 3. The van der Waals surface area contributed by atoms with Crippen molar-refractivity contribution in [1.82, 2.24) is 5.32 Å². The average molecular weight is 434 g/mol. The Balaban J connectivity index is 1.68. The van der Waals surface area contributed by atoms with E-state index in [1.54, 1.807) is 30.2 Å². The zero-order valence-electron chi connectivity index (χ0n) is 18.1. The molecule has 0 spiro atoms. The maximum atomic E-state index is 13.0. The molecule has 0 atom stereocenters. The first kappa shape index (κ1) is 21.6. The number of hydrogen-bond acceptors (Lipinski definition) is 6. The van der Waals surface area contributed by atoms with Gasteiger partial charge in [-0.05, 0) is 55.2 Å². The molecule has 1 fully saturated rings. The Morgan fingerprint density at radius 2 is 1.75 bits per heavy atom. The van der Waals surface area contributed by atoms with Crippen molar-refractivity contribution in [1.29, 1.82) is 0 Å². The third-order valence-corrected chi connectivity index (χ3v) is 5.38. The van der Waals surface area contributed by atoms with Crippen molar-refractivity contribution in [2.24, 2.45) is 11.7 Å². The van der Waals surface area contributed by atoms with Crippen molar-refractivity contribution >= 4 is 29.2 Å². The smallest absolute Gasteiger partial charge is 0.329 e. The van der Waals surface area contributed by atoms with Gasteiger partial charge in [0.1, 0.15) is 5.69 Å². The molecule has 8 nitrogen and oxygen atoms in total. The van der Waals surface area contributed by atoms with E-state index in [0.717, 1.165) is 24.0 Å². The van der Waals surface area contributed by atoms with Gasteiger partial charge in [0.05, 0.1) is 11.4 Å². The summed E-state index contributed by atoms with van der Waals surface area (Å²) in [6.45, 7) is 3.94. The Labute approximate surface area is 186 Å². The van der Waals surface area contributed by atoms with Gasteiger partial charge in [0.25, 0.3) is 5.91 Å². The number of hydrogen-bond donors (Lipinski definition) is 2. The van der Waals surface area contributed by atoms with Crippen LogP contribution in [0.1, 0.15) is 37.0 Å². The zero-order valence-corrected chi connectivity index (χ0v) is 18.1.